The quantitative estimate of drug-likeness (QED) is 0.679. The van der Waals surface area contributed by atoms with E-state index in [2.05, 4.69) is 4.98 Å². The largest absolute Gasteiger partial charge is 0.334 e. The van der Waals surface area contributed by atoms with Crippen LogP contribution in [0.15, 0.2) is 18.1 Å². The fraction of sp³-hybridized carbons (Fsp3) is 0.375. The van der Waals surface area contributed by atoms with Gasteiger partial charge in [-0.3, -0.25) is 0 Å². The van der Waals surface area contributed by atoms with Crippen LogP contribution in [0.4, 0.5) is 0 Å². The van der Waals surface area contributed by atoms with Gasteiger partial charge in [0.15, 0.2) is 0 Å². The predicted molar refractivity (Wildman–Crippen MR) is 45.9 cm³/mol. The minimum absolute atomic E-state index is 0.602. The monoisotopic (exact) mass is 151 g/mol. The van der Waals surface area contributed by atoms with Crippen LogP contribution < -0.4 is 5.73 Å². The Morgan fingerprint density at radius 1 is 1.82 bits per heavy atom. The molecule has 0 amide bonds. The van der Waals surface area contributed by atoms with Gasteiger partial charge in [0.05, 0.1) is 18.2 Å². The number of aryl methyl sites for hydroxylation is 1. The Morgan fingerprint density at radius 2 is 2.55 bits per heavy atom. The standard InChI is InChI=1S/C8H13N3/c1-7(4-9)3-8-5-10-6-11(8)2/h3,5-6H,4,9H2,1-2H3/b7-3+. The van der Waals surface area contributed by atoms with Crippen LogP contribution in [0.5, 0.6) is 0 Å². The second-order valence-electron chi connectivity index (χ2n) is 2.62. The minimum atomic E-state index is 0.602. The molecule has 0 fully saturated rings. The molecule has 0 aromatic carbocycles. The maximum atomic E-state index is 5.44. The summed E-state index contributed by atoms with van der Waals surface area (Å²) in [4.78, 5) is 3.99. The van der Waals surface area contributed by atoms with E-state index in [1.807, 2.05) is 30.8 Å². The zero-order chi connectivity index (χ0) is 8.27. The second kappa shape index (κ2) is 3.34. The van der Waals surface area contributed by atoms with E-state index in [0.717, 1.165) is 11.3 Å². The first-order valence-electron chi connectivity index (χ1n) is 3.57. The van der Waals surface area contributed by atoms with E-state index >= 15 is 0 Å². The zero-order valence-electron chi connectivity index (χ0n) is 6.91. The van der Waals surface area contributed by atoms with Crippen molar-refractivity contribution in [2.45, 2.75) is 6.92 Å². The topological polar surface area (TPSA) is 43.8 Å². The van der Waals surface area contributed by atoms with E-state index < -0.39 is 0 Å². The van der Waals surface area contributed by atoms with Crippen molar-refractivity contribution in [1.82, 2.24) is 9.55 Å². The minimum Gasteiger partial charge on any atom is -0.334 e. The third kappa shape index (κ3) is 1.91. The Labute approximate surface area is 66.5 Å². The fourth-order valence-electron chi connectivity index (χ4n) is 0.818. The lowest BCUT2D eigenvalue weighted by Gasteiger charge is -1.96. The number of aromatic nitrogens is 2. The smallest absolute Gasteiger partial charge is 0.0948 e. The van der Waals surface area contributed by atoms with Gasteiger partial charge in [0.1, 0.15) is 0 Å². The van der Waals surface area contributed by atoms with Gasteiger partial charge >= 0.3 is 0 Å². The molecule has 0 saturated carbocycles. The number of nitrogens with two attached hydrogens (primary N) is 1. The number of imidazole rings is 1. The van der Waals surface area contributed by atoms with Crippen LogP contribution in [-0.2, 0) is 7.05 Å². The van der Waals surface area contributed by atoms with Gasteiger partial charge in [-0.05, 0) is 13.0 Å². The highest BCUT2D eigenvalue weighted by atomic mass is 15.0. The molecule has 3 heteroatoms. The van der Waals surface area contributed by atoms with Gasteiger partial charge < -0.3 is 10.3 Å². The summed E-state index contributed by atoms with van der Waals surface area (Å²) >= 11 is 0. The third-order valence-corrected chi connectivity index (χ3v) is 1.57. The summed E-state index contributed by atoms with van der Waals surface area (Å²) in [6, 6.07) is 0. The van der Waals surface area contributed by atoms with Gasteiger partial charge in [0, 0.05) is 13.6 Å². The highest BCUT2D eigenvalue weighted by Gasteiger charge is 1.92. The molecular weight excluding hydrogens is 138 g/mol. The van der Waals surface area contributed by atoms with Crippen molar-refractivity contribution in [2.24, 2.45) is 12.8 Å². The van der Waals surface area contributed by atoms with E-state index in [-0.39, 0.29) is 0 Å². The van der Waals surface area contributed by atoms with E-state index in [1.165, 1.54) is 0 Å². The maximum Gasteiger partial charge on any atom is 0.0948 e. The van der Waals surface area contributed by atoms with Gasteiger partial charge in [0.2, 0.25) is 0 Å². The molecular formula is C8H13N3. The van der Waals surface area contributed by atoms with E-state index in [4.69, 9.17) is 5.73 Å². The summed E-state index contributed by atoms with van der Waals surface area (Å²) in [5, 5.41) is 0. The van der Waals surface area contributed by atoms with Gasteiger partial charge in [-0.25, -0.2) is 4.98 Å². The Bertz CT molecular complexity index is 260. The molecule has 0 aliphatic carbocycles. The lowest BCUT2D eigenvalue weighted by Crippen LogP contribution is -2.00. The maximum absolute atomic E-state index is 5.44. The van der Waals surface area contributed by atoms with E-state index in [1.54, 1.807) is 6.33 Å². The van der Waals surface area contributed by atoms with Gasteiger partial charge in [-0.2, -0.15) is 0 Å². The van der Waals surface area contributed by atoms with Gasteiger partial charge in [0.25, 0.3) is 0 Å². The Hall–Kier alpha value is -1.09. The summed E-state index contributed by atoms with van der Waals surface area (Å²) in [6.07, 6.45) is 5.63. The molecule has 0 spiro atoms. The molecule has 1 heterocycles. The lowest BCUT2D eigenvalue weighted by atomic mass is 10.2. The van der Waals surface area contributed by atoms with Crippen LogP contribution in [0.2, 0.25) is 0 Å². The first-order valence-corrected chi connectivity index (χ1v) is 3.57. The average Bonchev–Trinajstić information content (AvgIpc) is 2.37. The molecule has 0 saturated heterocycles. The van der Waals surface area contributed by atoms with Crippen LogP contribution in [0.3, 0.4) is 0 Å². The Morgan fingerprint density at radius 3 is 3.00 bits per heavy atom. The summed E-state index contributed by atoms with van der Waals surface area (Å²) in [7, 11) is 1.96. The molecule has 0 aliphatic heterocycles. The van der Waals surface area contributed by atoms with E-state index in [9.17, 15) is 0 Å². The van der Waals surface area contributed by atoms with Crippen molar-refractivity contribution in [3.8, 4) is 0 Å². The second-order valence-corrected chi connectivity index (χ2v) is 2.62. The Kier molecular flexibility index (Phi) is 2.44. The lowest BCUT2D eigenvalue weighted by molar-refractivity contribution is 0.900. The molecule has 1 rings (SSSR count). The first kappa shape index (κ1) is 8.01. The van der Waals surface area contributed by atoms with Crippen molar-refractivity contribution in [3.05, 3.63) is 23.8 Å². The van der Waals surface area contributed by atoms with Crippen molar-refractivity contribution >= 4 is 6.08 Å². The molecule has 1 aromatic rings. The highest BCUT2D eigenvalue weighted by molar-refractivity contribution is 5.48. The molecule has 0 aliphatic rings. The molecule has 0 unspecified atom stereocenters. The van der Waals surface area contributed by atoms with Gasteiger partial charge in [-0.1, -0.05) is 5.57 Å². The van der Waals surface area contributed by atoms with Gasteiger partial charge in [-0.15, -0.1) is 0 Å². The van der Waals surface area contributed by atoms with Crippen LogP contribution in [0.25, 0.3) is 6.08 Å². The summed E-state index contributed by atoms with van der Waals surface area (Å²) in [5.41, 5.74) is 7.69. The molecule has 0 radical (unpaired) electrons. The SMILES string of the molecule is C/C(=C\c1cncn1C)CN. The summed E-state index contributed by atoms with van der Waals surface area (Å²) < 4.78 is 1.96. The summed E-state index contributed by atoms with van der Waals surface area (Å²) in [5.74, 6) is 0. The fourth-order valence-corrected chi connectivity index (χ4v) is 0.818. The van der Waals surface area contributed by atoms with Crippen LogP contribution in [0.1, 0.15) is 12.6 Å². The molecule has 0 atom stereocenters. The molecule has 60 valence electrons. The van der Waals surface area contributed by atoms with Crippen LogP contribution in [-0.4, -0.2) is 16.1 Å². The normalized spacial score (nSPS) is 12.1. The van der Waals surface area contributed by atoms with E-state index in [0.29, 0.717) is 6.54 Å². The number of hydrogen-bond acceptors (Lipinski definition) is 2. The predicted octanol–water partition coefficient (Wildman–Crippen LogP) is 0.782. The third-order valence-electron chi connectivity index (χ3n) is 1.57. The van der Waals surface area contributed by atoms with Crippen molar-refractivity contribution < 1.29 is 0 Å². The molecule has 2 N–H and O–H groups in total. The molecule has 11 heavy (non-hydrogen) atoms. The van der Waals surface area contributed by atoms with Crippen molar-refractivity contribution in [1.29, 1.82) is 0 Å². The molecule has 3 nitrogen and oxygen atoms in total. The number of nitrogens with zero attached hydrogens (tertiary/aromatic N) is 2. The molecule has 0 bridgehead atoms. The van der Waals surface area contributed by atoms with Crippen molar-refractivity contribution in [3.63, 3.8) is 0 Å². The number of rotatable bonds is 2. The zero-order valence-corrected chi connectivity index (χ0v) is 6.91. The summed E-state index contributed by atoms with van der Waals surface area (Å²) in [6.45, 7) is 2.61. The van der Waals surface area contributed by atoms with Crippen LogP contribution in [0, 0.1) is 0 Å². The van der Waals surface area contributed by atoms with Crippen molar-refractivity contribution in [2.75, 3.05) is 6.54 Å². The average molecular weight is 151 g/mol. The molecule has 1 aromatic heterocycles. The first-order chi connectivity index (χ1) is 5.24. The highest BCUT2D eigenvalue weighted by Crippen LogP contribution is 2.02. The Balaban J connectivity index is 2.86. The number of hydrogen-bond donors (Lipinski definition) is 1. The van der Waals surface area contributed by atoms with Crippen LogP contribution >= 0.6 is 0 Å².